The van der Waals surface area contributed by atoms with E-state index in [2.05, 4.69) is 37.0 Å². The highest BCUT2D eigenvalue weighted by Gasteiger charge is 2.57. The van der Waals surface area contributed by atoms with Gasteiger partial charge in [0, 0.05) is 12.0 Å². The number of rotatable bonds is 1. The standard InChI is InChI=1S/C12H14N2S/c1-12(2)9(10(12)13)11-14-7-5-3-4-6-8(7)15-11/h3-6,9-10H,13H2,1-2H3/t9-,10+/m0/s1. The van der Waals surface area contributed by atoms with Crippen LogP contribution in [0.1, 0.15) is 24.8 Å². The molecule has 0 unspecified atom stereocenters. The molecule has 0 spiro atoms. The molecule has 0 bridgehead atoms. The minimum Gasteiger partial charge on any atom is -0.327 e. The summed E-state index contributed by atoms with van der Waals surface area (Å²) in [7, 11) is 0. The van der Waals surface area contributed by atoms with Crippen LogP contribution in [-0.2, 0) is 0 Å². The van der Waals surface area contributed by atoms with E-state index in [0.29, 0.717) is 5.92 Å². The number of aromatic nitrogens is 1. The molecule has 15 heavy (non-hydrogen) atoms. The zero-order chi connectivity index (χ0) is 10.6. The molecule has 2 N–H and O–H groups in total. The van der Waals surface area contributed by atoms with Crippen LogP contribution in [0.5, 0.6) is 0 Å². The largest absolute Gasteiger partial charge is 0.327 e. The van der Waals surface area contributed by atoms with Crippen molar-refractivity contribution >= 4 is 21.6 Å². The Morgan fingerprint density at radius 2 is 2.00 bits per heavy atom. The summed E-state index contributed by atoms with van der Waals surface area (Å²) in [5, 5.41) is 1.20. The van der Waals surface area contributed by atoms with Gasteiger partial charge >= 0.3 is 0 Å². The third-order valence-electron chi connectivity index (χ3n) is 3.49. The van der Waals surface area contributed by atoms with E-state index < -0.39 is 0 Å². The van der Waals surface area contributed by atoms with Gasteiger partial charge in [0.1, 0.15) is 0 Å². The molecule has 1 saturated carbocycles. The number of benzene rings is 1. The molecule has 1 aromatic carbocycles. The lowest BCUT2D eigenvalue weighted by Crippen LogP contribution is -2.06. The summed E-state index contributed by atoms with van der Waals surface area (Å²) in [6.45, 7) is 4.43. The van der Waals surface area contributed by atoms with Gasteiger partial charge in [0.2, 0.25) is 0 Å². The van der Waals surface area contributed by atoms with E-state index in [0.717, 1.165) is 5.52 Å². The molecule has 2 atom stereocenters. The Balaban J connectivity index is 2.07. The normalized spacial score (nSPS) is 28.2. The summed E-state index contributed by atoms with van der Waals surface area (Å²) in [5.41, 5.74) is 7.40. The summed E-state index contributed by atoms with van der Waals surface area (Å²) in [6.07, 6.45) is 0. The summed E-state index contributed by atoms with van der Waals surface area (Å²) in [4.78, 5) is 4.66. The number of nitrogens with two attached hydrogens (primary N) is 1. The maximum absolute atomic E-state index is 6.06. The first kappa shape index (κ1) is 9.31. The average molecular weight is 218 g/mol. The van der Waals surface area contributed by atoms with Crippen LogP contribution in [0.25, 0.3) is 10.2 Å². The van der Waals surface area contributed by atoms with Crippen molar-refractivity contribution in [3.05, 3.63) is 29.3 Å². The van der Waals surface area contributed by atoms with E-state index in [9.17, 15) is 0 Å². The van der Waals surface area contributed by atoms with Crippen LogP contribution in [0.15, 0.2) is 24.3 Å². The molecule has 3 heteroatoms. The highest BCUT2D eigenvalue weighted by Crippen LogP contribution is 2.58. The van der Waals surface area contributed by atoms with Crippen molar-refractivity contribution in [3.8, 4) is 0 Å². The second-order valence-electron chi connectivity index (χ2n) is 4.84. The lowest BCUT2D eigenvalue weighted by Gasteiger charge is -1.96. The van der Waals surface area contributed by atoms with E-state index in [1.165, 1.54) is 9.71 Å². The minimum absolute atomic E-state index is 0.230. The van der Waals surface area contributed by atoms with E-state index in [1.54, 1.807) is 11.3 Å². The second kappa shape index (κ2) is 2.80. The first-order valence-corrected chi connectivity index (χ1v) is 6.03. The van der Waals surface area contributed by atoms with Gasteiger partial charge in [0.15, 0.2) is 0 Å². The quantitative estimate of drug-likeness (QED) is 0.799. The van der Waals surface area contributed by atoms with Crippen molar-refractivity contribution in [2.45, 2.75) is 25.8 Å². The predicted molar refractivity (Wildman–Crippen MR) is 64.1 cm³/mol. The molecular formula is C12H14N2S. The van der Waals surface area contributed by atoms with E-state index in [4.69, 9.17) is 5.73 Å². The Hall–Kier alpha value is -0.930. The maximum Gasteiger partial charge on any atom is 0.0991 e. The minimum atomic E-state index is 0.230. The first-order valence-electron chi connectivity index (χ1n) is 5.22. The van der Waals surface area contributed by atoms with E-state index in [-0.39, 0.29) is 11.5 Å². The van der Waals surface area contributed by atoms with Gasteiger partial charge in [-0.1, -0.05) is 26.0 Å². The molecular weight excluding hydrogens is 204 g/mol. The summed E-state index contributed by atoms with van der Waals surface area (Å²) in [6, 6.07) is 8.55. The molecule has 1 fully saturated rings. The zero-order valence-corrected chi connectivity index (χ0v) is 9.71. The van der Waals surface area contributed by atoms with Crippen molar-refractivity contribution in [1.29, 1.82) is 0 Å². The molecule has 0 amide bonds. The van der Waals surface area contributed by atoms with Gasteiger partial charge in [0.05, 0.1) is 15.2 Å². The van der Waals surface area contributed by atoms with Gasteiger partial charge in [0.25, 0.3) is 0 Å². The molecule has 1 aromatic heterocycles. The molecule has 2 nitrogen and oxygen atoms in total. The zero-order valence-electron chi connectivity index (χ0n) is 8.90. The Morgan fingerprint density at radius 3 is 2.60 bits per heavy atom. The van der Waals surface area contributed by atoms with Gasteiger partial charge in [-0.2, -0.15) is 0 Å². The van der Waals surface area contributed by atoms with Gasteiger partial charge in [-0.05, 0) is 17.5 Å². The molecule has 3 rings (SSSR count). The van der Waals surface area contributed by atoms with Gasteiger partial charge < -0.3 is 5.73 Å². The third kappa shape index (κ3) is 1.23. The van der Waals surface area contributed by atoms with Crippen LogP contribution in [0.3, 0.4) is 0 Å². The fourth-order valence-corrected chi connectivity index (χ4v) is 3.48. The van der Waals surface area contributed by atoms with Crippen LogP contribution in [0, 0.1) is 5.41 Å². The number of para-hydroxylation sites is 1. The van der Waals surface area contributed by atoms with Crippen LogP contribution >= 0.6 is 11.3 Å². The van der Waals surface area contributed by atoms with Gasteiger partial charge in [-0.3, -0.25) is 0 Å². The highest BCUT2D eigenvalue weighted by atomic mass is 32.1. The van der Waals surface area contributed by atoms with Crippen molar-refractivity contribution in [2.75, 3.05) is 0 Å². The van der Waals surface area contributed by atoms with Gasteiger partial charge in [-0.15, -0.1) is 11.3 Å². The molecule has 78 valence electrons. The first-order chi connectivity index (χ1) is 7.10. The summed E-state index contributed by atoms with van der Waals surface area (Å²) < 4.78 is 1.27. The second-order valence-corrected chi connectivity index (χ2v) is 5.91. The average Bonchev–Trinajstić information content (AvgIpc) is 2.61. The monoisotopic (exact) mass is 218 g/mol. The maximum atomic E-state index is 6.06. The Kier molecular flexibility index (Phi) is 1.74. The molecule has 1 aliphatic carbocycles. The molecule has 1 heterocycles. The number of hydrogen-bond acceptors (Lipinski definition) is 3. The topological polar surface area (TPSA) is 38.9 Å². The Labute approximate surface area is 93.1 Å². The lowest BCUT2D eigenvalue weighted by molar-refractivity contribution is 0.598. The highest BCUT2D eigenvalue weighted by molar-refractivity contribution is 7.18. The summed E-state index contributed by atoms with van der Waals surface area (Å²) >= 11 is 1.78. The fourth-order valence-electron chi connectivity index (χ4n) is 2.17. The number of hydrogen-bond donors (Lipinski definition) is 1. The predicted octanol–water partition coefficient (Wildman–Crippen LogP) is 2.75. The van der Waals surface area contributed by atoms with Crippen molar-refractivity contribution in [3.63, 3.8) is 0 Å². The summed E-state index contributed by atoms with van der Waals surface area (Å²) in [5.74, 6) is 0.454. The molecule has 0 aliphatic heterocycles. The molecule has 2 aromatic rings. The number of thiazole rings is 1. The SMILES string of the molecule is CC1(C)[C@H](N)[C@H]1c1nc2ccccc2s1. The van der Waals surface area contributed by atoms with Gasteiger partial charge in [-0.25, -0.2) is 4.98 Å². The number of fused-ring (bicyclic) bond motifs is 1. The van der Waals surface area contributed by atoms with Crippen molar-refractivity contribution < 1.29 is 0 Å². The van der Waals surface area contributed by atoms with Crippen LogP contribution < -0.4 is 5.73 Å². The Bertz CT molecular complexity index is 482. The van der Waals surface area contributed by atoms with Crippen molar-refractivity contribution in [2.24, 2.45) is 11.1 Å². The molecule has 1 aliphatic rings. The van der Waals surface area contributed by atoms with Crippen LogP contribution in [0.4, 0.5) is 0 Å². The van der Waals surface area contributed by atoms with Crippen LogP contribution in [-0.4, -0.2) is 11.0 Å². The third-order valence-corrected chi connectivity index (χ3v) is 4.61. The Morgan fingerprint density at radius 1 is 1.33 bits per heavy atom. The lowest BCUT2D eigenvalue weighted by atomic mass is 10.1. The molecule has 0 saturated heterocycles. The fraction of sp³-hybridized carbons (Fsp3) is 0.417. The smallest absolute Gasteiger partial charge is 0.0991 e. The number of nitrogens with zero attached hydrogens (tertiary/aromatic N) is 1. The molecule has 0 radical (unpaired) electrons. The van der Waals surface area contributed by atoms with Crippen molar-refractivity contribution in [1.82, 2.24) is 4.98 Å². The van der Waals surface area contributed by atoms with E-state index >= 15 is 0 Å². The van der Waals surface area contributed by atoms with Crippen LogP contribution in [0.2, 0.25) is 0 Å². The van der Waals surface area contributed by atoms with E-state index in [1.807, 2.05) is 6.07 Å².